The van der Waals surface area contributed by atoms with E-state index < -0.39 is 10.7 Å². The summed E-state index contributed by atoms with van der Waals surface area (Å²) in [7, 11) is 1.17. The zero-order chi connectivity index (χ0) is 12.6. The molecule has 88 valence electrons. The van der Waals surface area contributed by atoms with Crippen LogP contribution < -0.4 is 4.74 Å². The summed E-state index contributed by atoms with van der Waals surface area (Å²) in [5.41, 5.74) is 0.687. The third kappa shape index (κ3) is 1.89. The maximum Gasteiger partial charge on any atom is 0.346 e. The zero-order valence-electron chi connectivity index (χ0n) is 9.31. The number of esters is 1. The van der Waals surface area contributed by atoms with E-state index in [-0.39, 0.29) is 11.3 Å². The van der Waals surface area contributed by atoms with Gasteiger partial charge in [0.2, 0.25) is 0 Å². The van der Waals surface area contributed by atoms with Crippen molar-refractivity contribution in [3.63, 3.8) is 0 Å². The second-order valence-corrected chi connectivity index (χ2v) is 4.62. The molecule has 1 heterocycles. The fraction of sp³-hybridized carbons (Fsp3) is 0.167. The number of carbonyl (C=O) groups is 1. The van der Waals surface area contributed by atoms with E-state index in [0.29, 0.717) is 10.1 Å². The van der Waals surface area contributed by atoms with Crippen molar-refractivity contribution >= 4 is 27.4 Å². The third-order valence-electron chi connectivity index (χ3n) is 2.43. The van der Waals surface area contributed by atoms with Crippen LogP contribution in [0.4, 0.5) is 0 Å². The van der Waals surface area contributed by atoms with Gasteiger partial charge in [-0.15, -0.1) is 0 Å². The largest absolute Gasteiger partial charge is 0.506 e. The SMILES string of the molecule is COC(=O)c1c(O)c2ccc(C)cc2sc1=O. The Labute approximate surface area is 101 Å². The summed E-state index contributed by atoms with van der Waals surface area (Å²) in [5.74, 6) is -1.12. The first kappa shape index (κ1) is 11.6. The lowest BCUT2D eigenvalue weighted by Gasteiger charge is -2.05. The van der Waals surface area contributed by atoms with Gasteiger partial charge in [-0.25, -0.2) is 4.79 Å². The quantitative estimate of drug-likeness (QED) is 0.787. The lowest BCUT2D eigenvalue weighted by Crippen LogP contribution is -2.13. The van der Waals surface area contributed by atoms with E-state index in [9.17, 15) is 14.7 Å². The fourth-order valence-corrected chi connectivity index (χ4v) is 2.58. The minimum atomic E-state index is -0.814. The van der Waals surface area contributed by atoms with Crippen LogP contribution in [-0.4, -0.2) is 18.2 Å². The summed E-state index contributed by atoms with van der Waals surface area (Å²) in [4.78, 5) is 23.1. The molecule has 4 nitrogen and oxygen atoms in total. The van der Waals surface area contributed by atoms with Crippen molar-refractivity contribution < 1.29 is 14.6 Å². The molecular weight excluding hydrogens is 240 g/mol. The van der Waals surface area contributed by atoms with Gasteiger partial charge in [0, 0.05) is 10.1 Å². The van der Waals surface area contributed by atoms with E-state index in [4.69, 9.17) is 0 Å². The molecule has 0 spiro atoms. The number of hydrogen-bond acceptors (Lipinski definition) is 5. The highest BCUT2D eigenvalue weighted by Crippen LogP contribution is 2.29. The van der Waals surface area contributed by atoms with Gasteiger partial charge in [-0.05, 0) is 24.6 Å². The summed E-state index contributed by atoms with van der Waals surface area (Å²) in [6, 6.07) is 5.28. The van der Waals surface area contributed by atoms with Crippen LogP contribution in [0.25, 0.3) is 10.1 Å². The summed E-state index contributed by atoms with van der Waals surface area (Å²) < 4.78 is 4.64. The van der Waals surface area contributed by atoms with Crippen molar-refractivity contribution in [1.29, 1.82) is 0 Å². The van der Waals surface area contributed by atoms with Crippen LogP contribution in [0.1, 0.15) is 15.9 Å². The summed E-state index contributed by atoms with van der Waals surface area (Å²) >= 11 is 0.924. The summed E-state index contributed by atoms with van der Waals surface area (Å²) in [5, 5.41) is 10.4. The molecule has 0 atom stereocenters. The molecule has 2 aromatic rings. The standard InChI is InChI=1S/C12H10O4S/c1-6-3-4-7-8(5-6)17-12(15)9(10(7)13)11(14)16-2/h3-5,13H,1-2H3. The van der Waals surface area contributed by atoms with Crippen molar-refractivity contribution in [2.75, 3.05) is 7.11 Å². The van der Waals surface area contributed by atoms with Crippen LogP contribution in [0.2, 0.25) is 0 Å². The molecule has 0 aliphatic carbocycles. The van der Waals surface area contributed by atoms with Gasteiger partial charge in [-0.3, -0.25) is 4.79 Å². The molecule has 0 bridgehead atoms. The molecule has 0 amide bonds. The maximum absolute atomic E-state index is 11.7. The molecule has 0 aliphatic heterocycles. The highest BCUT2D eigenvalue weighted by atomic mass is 32.1. The van der Waals surface area contributed by atoms with E-state index in [1.54, 1.807) is 18.2 Å². The Hall–Kier alpha value is -1.88. The molecule has 0 saturated carbocycles. The topological polar surface area (TPSA) is 63.6 Å². The lowest BCUT2D eigenvalue weighted by atomic mass is 10.1. The smallest absolute Gasteiger partial charge is 0.346 e. The minimum absolute atomic E-state index is 0.297. The number of ether oxygens (including phenoxy) is 1. The van der Waals surface area contributed by atoms with E-state index in [1.807, 2.05) is 6.92 Å². The van der Waals surface area contributed by atoms with Crippen molar-refractivity contribution in [3.05, 3.63) is 38.9 Å². The van der Waals surface area contributed by atoms with Crippen molar-refractivity contribution in [1.82, 2.24) is 0 Å². The summed E-state index contributed by atoms with van der Waals surface area (Å²) in [6.45, 7) is 1.89. The fourth-order valence-electron chi connectivity index (χ4n) is 1.57. The molecule has 0 aliphatic rings. The van der Waals surface area contributed by atoms with Crippen molar-refractivity contribution in [2.45, 2.75) is 6.92 Å². The number of aromatic hydroxyl groups is 1. The van der Waals surface area contributed by atoms with Crippen LogP contribution in [0, 0.1) is 6.92 Å². The zero-order valence-corrected chi connectivity index (χ0v) is 10.1. The molecule has 0 radical (unpaired) electrons. The highest BCUT2D eigenvalue weighted by Gasteiger charge is 2.19. The van der Waals surface area contributed by atoms with E-state index >= 15 is 0 Å². The maximum atomic E-state index is 11.7. The molecule has 1 aromatic carbocycles. The van der Waals surface area contributed by atoms with Gasteiger partial charge in [0.15, 0.2) is 5.56 Å². The van der Waals surface area contributed by atoms with Gasteiger partial charge in [0.25, 0.3) is 4.74 Å². The summed E-state index contributed by atoms with van der Waals surface area (Å²) in [6.07, 6.45) is 0. The van der Waals surface area contributed by atoms with Crippen LogP contribution in [0.5, 0.6) is 5.75 Å². The number of methoxy groups -OCH3 is 1. The highest BCUT2D eigenvalue weighted by molar-refractivity contribution is 7.16. The molecule has 1 N–H and O–H groups in total. The van der Waals surface area contributed by atoms with Crippen molar-refractivity contribution in [3.8, 4) is 5.75 Å². The molecule has 2 rings (SSSR count). The van der Waals surface area contributed by atoms with E-state index in [1.165, 1.54) is 7.11 Å². The Morgan fingerprint density at radius 1 is 1.41 bits per heavy atom. The second-order valence-electron chi connectivity index (χ2n) is 3.60. The number of hydrogen-bond donors (Lipinski definition) is 1. The Morgan fingerprint density at radius 2 is 2.12 bits per heavy atom. The number of fused-ring (bicyclic) bond motifs is 1. The number of aryl methyl sites for hydroxylation is 1. The predicted molar refractivity (Wildman–Crippen MR) is 65.8 cm³/mol. The van der Waals surface area contributed by atoms with Crippen molar-refractivity contribution in [2.24, 2.45) is 0 Å². The molecule has 1 aromatic heterocycles. The average Bonchev–Trinajstić information content (AvgIpc) is 2.28. The first-order valence-electron chi connectivity index (χ1n) is 4.89. The third-order valence-corrected chi connectivity index (χ3v) is 3.37. The van der Waals surface area contributed by atoms with Crippen LogP contribution >= 0.6 is 11.3 Å². The van der Waals surface area contributed by atoms with E-state index in [2.05, 4.69) is 4.74 Å². The molecule has 5 heteroatoms. The Kier molecular flexibility index (Phi) is 2.85. The molecule has 0 saturated heterocycles. The van der Waals surface area contributed by atoms with Gasteiger partial charge in [0.1, 0.15) is 5.75 Å². The second kappa shape index (κ2) is 4.18. The Morgan fingerprint density at radius 3 is 2.76 bits per heavy atom. The Balaban J connectivity index is 2.85. The number of carbonyl (C=O) groups excluding carboxylic acids is 1. The Bertz CT molecular complexity index is 657. The first-order valence-corrected chi connectivity index (χ1v) is 5.71. The molecular formula is C12H10O4S. The van der Waals surface area contributed by atoms with Gasteiger partial charge >= 0.3 is 5.97 Å². The average molecular weight is 250 g/mol. The number of benzene rings is 1. The number of rotatable bonds is 1. The first-order chi connectivity index (χ1) is 8.04. The monoisotopic (exact) mass is 250 g/mol. The molecule has 0 fully saturated rings. The minimum Gasteiger partial charge on any atom is -0.506 e. The molecule has 17 heavy (non-hydrogen) atoms. The lowest BCUT2D eigenvalue weighted by molar-refractivity contribution is 0.0597. The van der Waals surface area contributed by atoms with Crippen LogP contribution in [-0.2, 0) is 4.74 Å². The van der Waals surface area contributed by atoms with Gasteiger partial charge in [0.05, 0.1) is 7.11 Å². The van der Waals surface area contributed by atoms with Crippen LogP contribution in [0.3, 0.4) is 0 Å². The van der Waals surface area contributed by atoms with Crippen LogP contribution in [0.15, 0.2) is 23.0 Å². The normalized spacial score (nSPS) is 10.5. The van der Waals surface area contributed by atoms with Gasteiger partial charge in [-0.1, -0.05) is 17.4 Å². The molecule has 0 unspecified atom stereocenters. The van der Waals surface area contributed by atoms with E-state index in [0.717, 1.165) is 16.9 Å². The van der Waals surface area contributed by atoms with Gasteiger partial charge < -0.3 is 9.84 Å². The van der Waals surface area contributed by atoms with Gasteiger partial charge in [-0.2, -0.15) is 0 Å². The predicted octanol–water partition coefficient (Wildman–Crippen LogP) is 2.06.